The van der Waals surface area contributed by atoms with Crippen LogP contribution < -0.4 is 10.0 Å². The third-order valence-corrected chi connectivity index (χ3v) is 4.24. The predicted molar refractivity (Wildman–Crippen MR) is 75.3 cm³/mol. The molecule has 1 rings (SSSR count). The zero-order chi connectivity index (χ0) is 14.7. The van der Waals surface area contributed by atoms with E-state index < -0.39 is 10.0 Å². The monoisotopic (exact) mass is 288 g/mol. The molecular formula is C12H24N4O2S. The van der Waals surface area contributed by atoms with Crippen molar-refractivity contribution in [1.82, 2.24) is 20.2 Å². The van der Waals surface area contributed by atoms with Crippen molar-refractivity contribution < 1.29 is 8.42 Å². The van der Waals surface area contributed by atoms with Gasteiger partial charge in [0.1, 0.15) is 0 Å². The van der Waals surface area contributed by atoms with Gasteiger partial charge >= 0.3 is 0 Å². The Hall–Kier alpha value is -0.920. The van der Waals surface area contributed by atoms with Gasteiger partial charge in [-0.15, -0.1) is 0 Å². The van der Waals surface area contributed by atoms with Gasteiger partial charge in [0.25, 0.3) is 10.0 Å². The van der Waals surface area contributed by atoms with Crippen LogP contribution in [-0.2, 0) is 16.6 Å². The van der Waals surface area contributed by atoms with Gasteiger partial charge in [-0.3, -0.25) is 5.10 Å². The number of rotatable bonds is 6. The Kier molecular flexibility index (Phi) is 5.11. The molecule has 0 saturated heterocycles. The maximum atomic E-state index is 12.2. The highest BCUT2D eigenvalue weighted by atomic mass is 32.2. The van der Waals surface area contributed by atoms with Gasteiger partial charge in [-0.25, -0.2) is 13.1 Å². The number of nitrogens with one attached hydrogen (secondary N) is 3. The van der Waals surface area contributed by atoms with E-state index in [1.54, 1.807) is 7.05 Å². The fourth-order valence-electron chi connectivity index (χ4n) is 1.67. The Balaban J connectivity index is 2.83. The standard InChI is InChI=1S/C12H24N4O2S/c1-9-10(8-13-5)11(16-15-9)19(17,18)14-7-6-12(2,3)4/h13-14H,6-8H2,1-5H3,(H,15,16). The van der Waals surface area contributed by atoms with Crippen LogP contribution in [0.5, 0.6) is 0 Å². The number of hydrogen-bond donors (Lipinski definition) is 3. The highest BCUT2D eigenvalue weighted by Crippen LogP contribution is 2.19. The molecule has 0 amide bonds. The van der Waals surface area contributed by atoms with Gasteiger partial charge < -0.3 is 5.32 Å². The molecule has 0 fully saturated rings. The molecule has 0 atom stereocenters. The van der Waals surface area contributed by atoms with Crippen LogP contribution in [-0.4, -0.2) is 32.2 Å². The summed E-state index contributed by atoms with van der Waals surface area (Å²) in [5, 5.41) is 9.67. The first kappa shape index (κ1) is 16.1. The molecule has 0 bridgehead atoms. The third kappa shape index (κ3) is 4.59. The number of aromatic nitrogens is 2. The second-order valence-electron chi connectivity index (χ2n) is 5.87. The van der Waals surface area contributed by atoms with E-state index in [0.717, 1.165) is 12.1 Å². The zero-order valence-corrected chi connectivity index (χ0v) is 13.1. The number of sulfonamides is 1. The summed E-state index contributed by atoms with van der Waals surface area (Å²) >= 11 is 0. The lowest BCUT2D eigenvalue weighted by molar-refractivity contribution is 0.378. The van der Waals surface area contributed by atoms with Gasteiger partial charge in [-0.1, -0.05) is 20.8 Å². The molecule has 0 aliphatic carbocycles. The van der Waals surface area contributed by atoms with E-state index in [9.17, 15) is 8.42 Å². The molecule has 0 aromatic carbocycles. The molecule has 3 N–H and O–H groups in total. The molecule has 1 aromatic heterocycles. The number of hydrogen-bond acceptors (Lipinski definition) is 4. The van der Waals surface area contributed by atoms with Crippen molar-refractivity contribution in [3.63, 3.8) is 0 Å². The van der Waals surface area contributed by atoms with Crippen molar-refractivity contribution in [2.24, 2.45) is 5.41 Å². The number of aryl methyl sites for hydroxylation is 1. The molecule has 0 unspecified atom stereocenters. The molecular weight excluding hydrogens is 264 g/mol. The van der Waals surface area contributed by atoms with Crippen LogP contribution in [0.25, 0.3) is 0 Å². The van der Waals surface area contributed by atoms with E-state index in [4.69, 9.17) is 0 Å². The summed E-state index contributed by atoms with van der Waals surface area (Å²) in [4.78, 5) is 0. The van der Waals surface area contributed by atoms with E-state index in [1.807, 2.05) is 6.92 Å². The molecule has 0 saturated carbocycles. The second-order valence-corrected chi connectivity index (χ2v) is 7.55. The van der Waals surface area contributed by atoms with Gasteiger partial charge in [0.2, 0.25) is 0 Å². The average molecular weight is 288 g/mol. The number of nitrogens with zero attached hydrogens (tertiary/aromatic N) is 1. The molecule has 7 heteroatoms. The third-order valence-electron chi connectivity index (χ3n) is 2.81. The molecule has 0 spiro atoms. The van der Waals surface area contributed by atoms with Crippen LogP contribution in [0.1, 0.15) is 38.4 Å². The minimum Gasteiger partial charge on any atom is -0.316 e. The number of aromatic amines is 1. The fourth-order valence-corrected chi connectivity index (χ4v) is 2.89. The van der Waals surface area contributed by atoms with E-state index in [2.05, 4.69) is 41.0 Å². The predicted octanol–water partition coefficient (Wildman–Crippen LogP) is 1.15. The minimum atomic E-state index is -3.55. The molecule has 1 aromatic rings. The summed E-state index contributed by atoms with van der Waals surface area (Å²) in [7, 11) is -1.77. The summed E-state index contributed by atoms with van der Waals surface area (Å²) in [6.45, 7) is 8.92. The van der Waals surface area contributed by atoms with Crippen molar-refractivity contribution in [1.29, 1.82) is 0 Å². The fraction of sp³-hybridized carbons (Fsp3) is 0.750. The molecule has 0 aliphatic heterocycles. The Labute approximate surface area is 115 Å². The Bertz CT molecular complexity index is 514. The maximum Gasteiger partial charge on any atom is 0.260 e. The largest absolute Gasteiger partial charge is 0.316 e. The smallest absolute Gasteiger partial charge is 0.260 e. The summed E-state index contributed by atoms with van der Waals surface area (Å²) in [5.74, 6) is 0. The van der Waals surface area contributed by atoms with Crippen molar-refractivity contribution in [2.45, 2.75) is 45.7 Å². The molecule has 1 heterocycles. The summed E-state index contributed by atoms with van der Waals surface area (Å²) < 4.78 is 27.0. The first-order valence-electron chi connectivity index (χ1n) is 6.35. The first-order chi connectivity index (χ1) is 8.67. The van der Waals surface area contributed by atoms with Crippen molar-refractivity contribution >= 4 is 10.0 Å². The van der Waals surface area contributed by atoms with E-state index in [0.29, 0.717) is 18.7 Å². The normalized spacial score (nSPS) is 12.9. The Morgan fingerprint density at radius 2 is 1.95 bits per heavy atom. The number of H-pyrrole nitrogens is 1. The quantitative estimate of drug-likeness (QED) is 0.733. The molecule has 0 radical (unpaired) electrons. The molecule has 0 aliphatic rings. The zero-order valence-electron chi connectivity index (χ0n) is 12.3. The van der Waals surface area contributed by atoms with Gasteiger partial charge in [-0.05, 0) is 25.8 Å². The average Bonchev–Trinajstić information content (AvgIpc) is 2.59. The van der Waals surface area contributed by atoms with Crippen LogP contribution >= 0.6 is 0 Å². The lowest BCUT2D eigenvalue weighted by atomic mass is 9.93. The van der Waals surface area contributed by atoms with Gasteiger partial charge in [0, 0.05) is 24.3 Å². The molecule has 110 valence electrons. The Morgan fingerprint density at radius 1 is 1.32 bits per heavy atom. The molecule has 6 nitrogen and oxygen atoms in total. The topological polar surface area (TPSA) is 86.9 Å². The van der Waals surface area contributed by atoms with E-state index in [-0.39, 0.29) is 10.4 Å². The highest BCUT2D eigenvalue weighted by Gasteiger charge is 2.23. The lowest BCUT2D eigenvalue weighted by Crippen LogP contribution is -2.28. The molecule has 19 heavy (non-hydrogen) atoms. The first-order valence-corrected chi connectivity index (χ1v) is 7.84. The van der Waals surface area contributed by atoms with Crippen LogP contribution in [0.3, 0.4) is 0 Å². The van der Waals surface area contributed by atoms with E-state index in [1.165, 1.54) is 0 Å². The van der Waals surface area contributed by atoms with Crippen LogP contribution in [0, 0.1) is 12.3 Å². The highest BCUT2D eigenvalue weighted by molar-refractivity contribution is 7.89. The second kappa shape index (κ2) is 6.02. The summed E-state index contributed by atoms with van der Waals surface area (Å²) in [6.07, 6.45) is 0.775. The summed E-state index contributed by atoms with van der Waals surface area (Å²) in [6, 6.07) is 0. The van der Waals surface area contributed by atoms with Crippen molar-refractivity contribution in [3.8, 4) is 0 Å². The van der Waals surface area contributed by atoms with Crippen LogP contribution in [0.2, 0.25) is 0 Å². The van der Waals surface area contributed by atoms with Crippen molar-refractivity contribution in [3.05, 3.63) is 11.3 Å². The SMILES string of the molecule is CNCc1c(S(=O)(=O)NCCC(C)(C)C)n[nH]c1C. The van der Waals surface area contributed by atoms with Crippen LogP contribution in [0.4, 0.5) is 0 Å². The minimum absolute atomic E-state index is 0.0910. The lowest BCUT2D eigenvalue weighted by Gasteiger charge is -2.17. The van der Waals surface area contributed by atoms with Gasteiger partial charge in [-0.2, -0.15) is 5.10 Å². The van der Waals surface area contributed by atoms with Gasteiger partial charge in [0.15, 0.2) is 5.03 Å². The van der Waals surface area contributed by atoms with Crippen molar-refractivity contribution in [2.75, 3.05) is 13.6 Å². The maximum absolute atomic E-state index is 12.2. The summed E-state index contributed by atoms with van der Waals surface area (Å²) in [5.41, 5.74) is 1.55. The van der Waals surface area contributed by atoms with Crippen LogP contribution in [0.15, 0.2) is 5.03 Å². The van der Waals surface area contributed by atoms with Gasteiger partial charge in [0.05, 0.1) is 0 Å². The van der Waals surface area contributed by atoms with E-state index >= 15 is 0 Å². The Morgan fingerprint density at radius 3 is 2.47 bits per heavy atom.